The van der Waals surface area contributed by atoms with Crippen LogP contribution in [0.25, 0.3) is 0 Å². The lowest BCUT2D eigenvalue weighted by atomic mass is 10.1. The molecule has 8 heteroatoms. The Balaban J connectivity index is 2.45. The summed E-state index contributed by atoms with van der Waals surface area (Å²) in [5, 5.41) is 2.61. The van der Waals surface area contributed by atoms with E-state index in [9.17, 15) is 18.0 Å². The maximum atomic E-state index is 13.5. The van der Waals surface area contributed by atoms with Crippen molar-refractivity contribution in [2.24, 2.45) is 0 Å². The van der Waals surface area contributed by atoms with E-state index in [2.05, 4.69) is 5.32 Å². The van der Waals surface area contributed by atoms with E-state index in [0.717, 1.165) is 32.8 Å². The number of anilines is 1. The number of rotatable bonds is 9. The summed E-state index contributed by atoms with van der Waals surface area (Å²) in [4.78, 5) is 27.5. The van der Waals surface area contributed by atoms with Crippen molar-refractivity contribution in [1.29, 1.82) is 0 Å². The molecule has 1 atom stereocenters. The van der Waals surface area contributed by atoms with Gasteiger partial charge in [0.05, 0.1) is 11.9 Å². The van der Waals surface area contributed by atoms with Crippen molar-refractivity contribution in [2.75, 3.05) is 24.2 Å². The summed E-state index contributed by atoms with van der Waals surface area (Å²) in [6.45, 7) is 7.37. The minimum atomic E-state index is -3.73. The van der Waals surface area contributed by atoms with E-state index in [1.54, 1.807) is 12.1 Å². The van der Waals surface area contributed by atoms with Gasteiger partial charge in [-0.05, 0) is 56.0 Å². The standard InChI is InChI=1S/C24H33N3O4S/c1-7-22(24(29)25-5)26(15-20-10-8-17(2)9-11-20)23(28)16-27(32(6,30)31)21-13-18(3)12-19(4)14-21/h8-14,22H,7,15-16H2,1-6H3,(H,25,29). The molecule has 1 unspecified atom stereocenters. The predicted octanol–water partition coefficient (Wildman–Crippen LogP) is 2.93. The number of hydrogen-bond donors (Lipinski definition) is 1. The molecule has 0 heterocycles. The fraction of sp³-hybridized carbons (Fsp3) is 0.417. The summed E-state index contributed by atoms with van der Waals surface area (Å²) in [6.07, 6.45) is 1.48. The number of aryl methyl sites for hydroxylation is 3. The van der Waals surface area contributed by atoms with Crippen molar-refractivity contribution in [3.8, 4) is 0 Å². The number of benzene rings is 2. The van der Waals surface area contributed by atoms with Gasteiger partial charge in [0.15, 0.2) is 0 Å². The largest absolute Gasteiger partial charge is 0.357 e. The van der Waals surface area contributed by atoms with E-state index >= 15 is 0 Å². The molecular weight excluding hydrogens is 426 g/mol. The minimum Gasteiger partial charge on any atom is -0.357 e. The average molecular weight is 460 g/mol. The van der Waals surface area contributed by atoms with E-state index < -0.39 is 22.0 Å². The number of nitrogens with zero attached hydrogens (tertiary/aromatic N) is 2. The first kappa shape index (κ1) is 25.4. The van der Waals surface area contributed by atoms with Crippen LogP contribution >= 0.6 is 0 Å². The van der Waals surface area contributed by atoms with Gasteiger partial charge in [0.1, 0.15) is 12.6 Å². The number of carbonyl (C=O) groups excluding carboxylic acids is 2. The smallest absolute Gasteiger partial charge is 0.244 e. The second-order valence-corrected chi connectivity index (χ2v) is 10.1. The molecule has 0 fully saturated rings. The molecule has 174 valence electrons. The van der Waals surface area contributed by atoms with Gasteiger partial charge in [-0.3, -0.25) is 13.9 Å². The number of likely N-dealkylation sites (N-methyl/N-ethyl adjacent to an activating group) is 1. The molecule has 0 bridgehead atoms. The van der Waals surface area contributed by atoms with Crippen molar-refractivity contribution in [2.45, 2.75) is 46.7 Å². The Bertz CT molecular complexity index is 1040. The van der Waals surface area contributed by atoms with Gasteiger partial charge in [-0.1, -0.05) is 42.8 Å². The monoisotopic (exact) mass is 459 g/mol. The third-order valence-corrected chi connectivity index (χ3v) is 6.42. The summed E-state index contributed by atoms with van der Waals surface area (Å²) in [7, 11) is -2.21. The zero-order chi connectivity index (χ0) is 24.1. The highest BCUT2D eigenvalue weighted by Gasteiger charge is 2.31. The summed E-state index contributed by atoms with van der Waals surface area (Å²) in [6, 6.07) is 12.4. The van der Waals surface area contributed by atoms with Gasteiger partial charge in [0.2, 0.25) is 21.8 Å². The third-order valence-electron chi connectivity index (χ3n) is 5.28. The maximum Gasteiger partial charge on any atom is 0.244 e. The first-order valence-corrected chi connectivity index (χ1v) is 12.4. The molecule has 2 aromatic rings. The second kappa shape index (κ2) is 10.6. The van der Waals surface area contributed by atoms with Crippen LogP contribution in [-0.4, -0.2) is 51.0 Å². The first-order chi connectivity index (χ1) is 15.0. The Hall–Kier alpha value is -2.87. The van der Waals surface area contributed by atoms with Crippen LogP contribution in [0.3, 0.4) is 0 Å². The third kappa shape index (κ3) is 6.56. The van der Waals surface area contributed by atoms with Gasteiger partial charge in [0, 0.05) is 13.6 Å². The normalized spacial score (nSPS) is 12.2. The lowest BCUT2D eigenvalue weighted by Crippen LogP contribution is -2.51. The van der Waals surface area contributed by atoms with Crippen LogP contribution in [0.1, 0.15) is 35.6 Å². The average Bonchev–Trinajstić information content (AvgIpc) is 2.71. The van der Waals surface area contributed by atoms with Crippen LogP contribution in [-0.2, 0) is 26.2 Å². The molecule has 1 N–H and O–H groups in total. The van der Waals surface area contributed by atoms with Crippen molar-refractivity contribution >= 4 is 27.5 Å². The highest BCUT2D eigenvalue weighted by molar-refractivity contribution is 7.92. The van der Waals surface area contributed by atoms with Crippen LogP contribution in [0, 0.1) is 20.8 Å². The van der Waals surface area contributed by atoms with Gasteiger partial charge >= 0.3 is 0 Å². The minimum absolute atomic E-state index is 0.204. The van der Waals surface area contributed by atoms with Crippen molar-refractivity contribution in [1.82, 2.24) is 10.2 Å². The lowest BCUT2D eigenvalue weighted by Gasteiger charge is -2.32. The Morgan fingerprint density at radius 1 is 0.969 bits per heavy atom. The van der Waals surface area contributed by atoms with Crippen LogP contribution in [0.15, 0.2) is 42.5 Å². The highest BCUT2D eigenvalue weighted by atomic mass is 32.2. The van der Waals surface area contributed by atoms with Crippen LogP contribution in [0.2, 0.25) is 0 Å². The number of carbonyl (C=O) groups is 2. The molecule has 0 aliphatic rings. The predicted molar refractivity (Wildman–Crippen MR) is 128 cm³/mol. The Morgan fingerprint density at radius 2 is 1.53 bits per heavy atom. The number of nitrogens with one attached hydrogen (secondary N) is 1. The zero-order valence-electron chi connectivity index (χ0n) is 19.7. The summed E-state index contributed by atoms with van der Waals surface area (Å²) < 4.78 is 26.3. The van der Waals surface area contributed by atoms with E-state index in [0.29, 0.717) is 12.1 Å². The summed E-state index contributed by atoms with van der Waals surface area (Å²) in [5.41, 5.74) is 4.18. The Kier molecular flexibility index (Phi) is 8.44. The molecule has 0 radical (unpaired) electrons. The van der Waals surface area contributed by atoms with Gasteiger partial charge < -0.3 is 10.2 Å². The van der Waals surface area contributed by atoms with E-state index in [1.807, 2.05) is 58.0 Å². The zero-order valence-corrected chi connectivity index (χ0v) is 20.5. The van der Waals surface area contributed by atoms with Gasteiger partial charge in [-0.25, -0.2) is 8.42 Å². The molecule has 2 aromatic carbocycles. The Morgan fingerprint density at radius 3 is 2.00 bits per heavy atom. The fourth-order valence-corrected chi connectivity index (χ4v) is 4.52. The molecule has 0 saturated heterocycles. The molecule has 0 aliphatic carbocycles. The number of sulfonamides is 1. The van der Waals surface area contributed by atoms with Crippen molar-refractivity contribution in [3.05, 3.63) is 64.7 Å². The molecular formula is C24H33N3O4S. The summed E-state index contributed by atoms with van der Waals surface area (Å²) in [5.74, 6) is -0.726. The van der Waals surface area contributed by atoms with E-state index in [-0.39, 0.29) is 19.0 Å². The van der Waals surface area contributed by atoms with Crippen LogP contribution in [0.4, 0.5) is 5.69 Å². The van der Waals surface area contributed by atoms with Gasteiger partial charge in [-0.15, -0.1) is 0 Å². The van der Waals surface area contributed by atoms with E-state index in [4.69, 9.17) is 0 Å². The van der Waals surface area contributed by atoms with Gasteiger partial charge in [-0.2, -0.15) is 0 Å². The second-order valence-electron chi connectivity index (χ2n) is 8.16. The number of hydrogen-bond acceptors (Lipinski definition) is 4. The summed E-state index contributed by atoms with van der Waals surface area (Å²) >= 11 is 0. The van der Waals surface area contributed by atoms with Crippen molar-refractivity contribution in [3.63, 3.8) is 0 Å². The highest BCUT2D eigenvalue weighted by Crippen LogP contribution is 2.22. The molecule has 0 aliphatic heterocycles. The fourth-order valence-electron chi connectivity index (χ4n) is 3.68. The van der Waals surface area contributed by atoms with E-state index in [1.165, 1.54) is 11.9 Å². The molecule has 0 spiro atoms. The van der Waals surface area contributed by atoms with Crippen LogP contribution < -0.4 is 9.62 Å². The topological polar surface area (TPSA) is 86.8 Å². The number of amides is 2. The molecule has 2 rings (SSSR count). The maximum absolute atomic E-state index is 13.5. The molecule has 7 nitrogen and oxygen atoms in total. The van der Waals surface area contributed by atoms with Gasteiger partial charge in [0.25, 0.3) is 0 Å². The SMILES string of the molecule is CCC(C(=O)NC)N(Cc1ccc(C)cc1)C(=O)CN(c1cc(C)cc(C)c1)S(C)(=O)=O. The Labute approximate surface area is 191 Å². The van der Waals surface area contributed by atoms with Crippen molar-refractivity contribution < 1.29 is 18.0 Å². The quantitative estimate of drug-likeness (QED) is 0.625. The molecule has 2 amide bonds. The first-order valence-electron chi connectivity index (χ1n) is 10.6. The lowest BCUT2D eigenvalue weighted by molar-refractivity contribution is -0.140. The molecule has 0 saturated carbocycles. The molecule has 32 heavy (non-hydrogen) atoms. The molecule has 0 aromatic heterocycles. The van der Waals surface area contributed by atoms with Crippen LogP contribution in [0.5, 0.6) is 0 Å².